The van der Waals surface area contributed by atoms with Crippen LogP contribution in [-0.4, -0.2) is 58.1 Å². The molecule has 0 spiro atoms. The number of rotatable bonds is 10. The minimum absolute atomic E-state index is 0.0671. The van der Waals surface area contributed by atoms with Crippen LogP contribution in [0.3, 0.4) is 0 Å². The van der Waals surface area contributed by atoms with Crippen LogP contribution in [0.4, 0.5) is 0 Å². The first-order valence-corrected chi connectivity index (χ1v) is 13.2. The zero-order valence-electron chi connectivity index (χ0n) is 18.7. The maximum Gasteiger partial charge on any atom is 0.243 e. The predicted octanol–water partition coefficient (Wildman–Crippen LogP) is 1.83. The van der Waals surface area contributed by atoms with Crippen LogP contribution in [0.15, 0.2) is 24.3 Å². The summed E-state index contributed by atoms with van der Waals surface area (Å²) in [5.41, 5.74) is 0.846. The van der Waals surface area contributed by atoms with Crippen LogP contribution in [0, 0.1) is 11.8 Å². The predicted molar refractivity (Wildman–Crippen MR) is 121 cm³/mol. The lowest BCUT2D eigenvalue weighted by Gasteiger charge is -2.24. The number of hydrogen-bond acceptors (Lipinski definition) is 6. The average molecular weight is 467 g/mol. The molecule has 1 saturated carbocycles. The Hall–Kier alpha value is -2.13. The van der Waals surface area contributed by atoms with Crippen molar-refractivity contribution in [2.75, 3.05) is 31.8 Å². The second-order valence-corrected chi connectivity index (χ2v) is 10.9. The molecule has 1 saturated heterocycles. The number of sulfone groups is 1. The van der Waals surface area contributed by atoms with Gasteiger partial charge in [-0.15, -0.1) is 0 Å². The summed E-state index contributed by atoms with van der Waals surface area (Å²) < 4.78 is 36.2. The summed E-state index contributed by atoms with van der Waals surface area (Å²) in [6.45, 7) is 1.01. The number of ether oxygens (including phenoxy) is 2. The maximum absolute atomic E-state index is 12.9. The summed E-state index contributed by atoms with van der Waals surface area (Å²) in [6, 6.07) is 6.09. The number of benzene rings is 1. The smallest absolute Gasteiger partial charge is 0.243 e. The fourth-order valence-corrected chi connectivity index (χ4v) is 6.23. The Kier molecular flexibility index (Phi) is 8.92. The third-order valence-corrected chi connectivity index (χ3v) is 8.01. The molecule has 0 aromatic heterocycles. The first kappa shape index (κ1) is 24.5. The first-order chi connectivity index (χ1) is 15.4. The standard InChI is InChI=1S/C23H34N2O6S/c1-30-20-9-7-17(8-10-20)13-24-23(27)21(25-22(26)19-11-12-31-14-19)16-32(28,29)15-18-5-3-2-4-6-18/h7-10,18-19,21H,2-6,11-16H2,1H3,(H,24,27)(H,25,26)/t19?,21-/m0/s1. The largest absolute Gasteiger partial charge is 0.497 e. The maximum atomic E-state index is 12.9. The van der Waals surface area contributed by atoms with Crippen molar-refractivity contribution in [3.05, 3.63) is 29.8 Å². The van der Waals surface area contributed by atoms with Crippen molar-refractivity contribution < 1.29 is 27.5 Å². The summed E-state index contributed by atoms with van der Waals surface area (Å²) in [5.74, 6) is -0.670. The van der Waals surface area contributed by atoms with E-state index in [4.69, 9.17) is 9.47 Å². The molecule has 0 radical (unpaired) electrons. The zero-order valence-corrected chi connectivity index (χ0v) is 19.5. The summed E-state index contributed by atoms with van der Waals surface area (Å²) in [6.07, 6.45) is 5.61. The van der Waals surface area contributed by atoms with E-state index in [1.54, 1.807) is 19.2 Å². The number of amides is 2. The normalized spacial score (nSPS) is 20.5. The highest BCUT2D eigenvalue weighted by Crippen LogP contribution is 2.25. The van der Waals surface area contributed by atoms with Crippen molar-refractivity contribution >= 4 is 21.7 Å². The molecule has 2 aliphatic rings. The number of carbonyl (C=O) groups excluding carboxylic acids is 2. The molecule has 2 atom stereocenters. The Morgan fingerprint density at radius 3 is 2.47 bits per heavy atom. The number of nitrogens with one attached hydrogen (secondary N) is 2. The third kappa shape index (κ3) is 7.48. The monoisotopic (exact) mass is 466 g/mol. The topological polar surface area (TPSA) is 111 Å². The van der Waals surface area contributed by atoms with Crippen LogP contribution in [0.5, 0.6) is 5.75 Å². The van der Waals surface area contributed by atoms with Gasteiger partial charge >= 0.3 is 0 Å². The van der Waals surface area contributed by atoms with Crippen LogP contribution in [0.25, 0.3) is 0 Å². The molecule has 1 aliphatic carbocycles. The minimum Gasteiger partial charge on any atom is -0.497 e. The van der Waals surface area contributed by atoms with E-state index in [9.17, 15) is 18.0 Å². The molecule has 2 fully saturated rings. The molecule has 3 rings (SSSR count). The fraction of sp³-hybridized carbons (Fsp3) is 0.652. The van der Waals surface area contributed by atoms with Crippen molar-refractivity contribution in [1.82, 2.24) is 10.6 Å². The van der Waals surface area contributed by atoms with Crippen molar-refractivity contribution in [2.45, 2.75) is 51.1 Å². The van der Waals surface area contributed by atoms with Gasteiger partial charge in [-0.25, -0.2) is 8.42 Å². The molecule has 2 amide bonds. The molecule has 1 aliphatic heterocycles. The van der Waals surface area contributed by atoms with Gasteiger partial charge in [-0.3, -0.25) is 9.59 Å². The van der Waals surface area contributed by atoms with E-state index in [-0.39, 0.29) is 30.0 Å². The van der Waals surface area contributed by atoms with E-state index < -0.39 is 27.5 Å². The van der Waals surface area contributed by atoms with E-state index in [2.05, 4.69) is 10.6 Å². The number of methoxy groups -OCH3 is 1. The third-order valence-electron chi connectivity index (χ3n) is 6.19. The van der Waals surface area contributed by atoms with Gasteiger partial charge in [-0.1, -0.05) is 31.4 Å². The molecule has 9 heteroatoms. The SMILES string of the molecule is COc1ccc(CNC(=O)[C@H](CS(=O)(=O)CC2CCCCC2)NC(=O)C2CCOC2)cc1. The van der Waals surface area contributed by atoms with Crippen LogP contribution >= 0.6 is 0 Å². The molecule has 1 unspecified atom stereocenters. The second-order valence-electron chi connectivity index (χ2n) is 8.77. The highest BCUT2D eigenvalue weighted by Gasteiger charge is 2.32. The molecular weight excluding hydrogens is 432 g/mol. The Morgan fingerprint density at radius 1 is 1.12 bits per heavy atom. The van der Waals surface area contributed by atoms with Crippen molar-refractivity contribution in [3.8, 4) is 5.75 Å². The van der Waals surface area contributed by atoms with Gasteiger partial charge in [0.25, 0.3) is 0 Å². The van der Waals surface area contributed by atoms with Crippen LogP contribution in [0.1, 0.15) is 44.1 Å². The quantitative estimate of drug-likeness (QED) is 0.544. The summed E-state index contributed by atoms with van der Waals surface area (Å²) in [7, 11) is -1.93. The Bertz CT molecular complexity index is 859. The van der Waals surface area contributed by atoms with Gasteiger partial charge in [0.15, 0.2) is 9.84 Å². The lowest BCUT2D eigenvalue weighted by molar-refractivity contribution is -0.130. The number of carbonyl (C=O) groups is 2. The molecule has 8 nitrogen and oxygen atoms in total. The Labute approximate surface area is 190 Å². The average Bonchev–Trinajstić information content (AvgIpc) is 3.33. The summed E-state index contributed by atoms with van der Waals surface area (Å²) in [4.78, 5) is 25.5. The molecule has 178 valence electrons. The Balaban J connectivity index is 1.63. The molecule has 1 aromatic rings. The second kappa shape index (κ2) is 11.7. The van der Waals surface area contributed by atoms with Crippen molar-refractivity contribution in [3.63, 3.8) is 0 Å². The highest BCUT2D eigenvalue weighted by molar-refractivity contribution is 7.91. The van der Waals surface area contributed by atoms with Gasteiger partial charge in [0.2, 0.25) is 11.8 Å². The molecule has 2 N–H and O–H groups in total. The van der Waals surface area contributed by atoms with E-state index in [1.807, 2.05) is 12.1 Å². The first-order valence-electron chi connectivity index (χ1n) is 11.4. The van der Waals surface area contributed by atoms with Crippen LogP contribution < -0.4 is 15.4 Å². The van der Waals surface area contributed by atoms with E-state index in [1.165, 1.54) is 0 Å². The minimum atomic E-state index is -3.51. The van der Waals surface area contributed by atoms with E-state index >= 15 is 0 Å². The van der Waals surface area contributed by atoms with Crippen LogP contribution in [-0.2, 0) is 30.7 Å². The van der Waals surface area contributed by atoms with Gasteiger partial charge < -0.3 is 20.1 Å². The molecule has 1 heterocycles. The highest BCUT2D eigenvalue weighted by atomic mass is 32.2. The summed E-state index contributed by atoms with van der Waals surface area (Å²) in [5, 5.41) is 5.44. The van der Waals surface area contributed by atoms with Gasteiger partial charge in [0.05, 0.1) is 31.1 Å². The van der Waals surface area contributed by atoms with E-state index in [0.717, 1.165) is 37.7 Å². The molecule has 0 bridgehead atoms. The number of hydrogen-bond donors (Lipinski definition) is 2. The molecule has 1 aromatic carbocycles. The zero-order chi connectivity index (χ0) is 23.0. The van der Waals surface area contributed by atoms with Crippen molar-refractivity contribution in [2.24, 2.45) is 11.8 Å². The summed E-state index contributed by atoms with van der Waals surface area (Å²) >= 11 is 0. The molecule has 32 heavy (non-hydrogen) atoms. The van der Waals surface area contributed by atoms with Gasteiger partial charge in [-0.05, 0) is 42.9 Å². The van der Waals surface area contributed by atoms with E-state index in [0.29, 0.717) is 25.4 Å². The fourth-order valence-electron chi connectivity index (χ4n) is 4.30. The van der Waals surface area contributed by atoms with Crippen LogP contribution in [0.2, 0.25) is 0 Å². The lowest BCUT2D eigenvalue weighted by Crippen LogP contribution is -2.52. The van der Waals surface area contributed by atoms with Crippen molar-refractivity contribution in [1.29, 1.82) is 0 Å². The lowest BCUT2D eigenvalue weighted by atomic mass is 9.91. The Morgan fingerprint density at radius 2 is 1.84 bits per heavy atom. The van der Waals surface area contributed by atoms with Gasteiger partial charge in [-0.2, -0.15) is 0 Å². The van der Waals surface area contributed by atoms with Gasteiger partial charge in [0.1, 0.15) is 11.8 Å². The molecular formula is C23H34N2O6S. The van der Waals surface area contributed by atoms with Gasteiger partial charge in [0, 0.05) is 13.2 Å².